The number of halogens is 1. The molecule has 0 fully saturated rings. The number of thioether (sulfide) groups is 1. The Kier molecular flexibility index (Phi) is 6.67. The van der Waals surface area contributed by atoms with Gasteiger partial charge in [-0.15, -0.1) is 0 Å². The number of benzene rings is 2. The summed E-state index contributed by atoms with van der Waals surface area (Å²) in [6, 6.07) is 18.3. The molecule has 2 heterocycles. The van der Waals surface area contributed by atoms with Crippen molar-refractivity contribution in [1.29, 1.82) is 0 Å². The zero-order chi connectivity index (χ0) is 22.7. The van der Waals surface area contributed by atoms with Gasteiger partial charge in [0.05, 0.1) is 35.5 Å². The molecule has 4 rings (SSSR count). The van der Waals surface area contributed by atoms with Gasteiger partial charge in [0, 0.05) is 12.1 Å². The van der Waals surface area contributed by atoms with E-state index in [-0.39, 0.29) is 29.8 Å². The zero-order valence-corrected chi connectivity index (χ0v) is 19.3. The number of aromatic nitrogens is 2. The Morgan fingerprint density at radius 2 is 1.97 bits per heavy atom. The number of hydrogen-bond donors (Lipinski definition) is 0. The fourth-order valence-electron chi connectivity index (χ4n) is 3.38. The quantitative estimate of drug-likeness (QED) is 0.282. The molecular weight excluding hydrogens is 446 g/mol. The Hall–Kier alpha value is -3.03. The van der Waals surface area contributed by atoms with E-state index in [2.05, 4.69) is 4.98 Å². The molecule has 164 valence electrons. The van der Waals surface area contributed by atoms with Crippen molar-refractivity contribution in [2.75, 3.05) is 12.8 Å². The number of amides is 1. The zero-order valence-electron chi connectivity index (χ0n) is 17.7. The van der Waals surface area contributed by atoms with E-state index < -0.39 is 0 Å². The van der Waals surface area contributed by atoms with Crippen LogP contribution in [0.5, 0.6) is 0 Å². The minimum atomic E-state index is -0.205. The molecular formula is C24H22ClN3O3S. The van der Waals surface area contributed by atoms with Gasteiger partial charge in [-0.3, -0.25) is 14.2 Å². The van der Waals surface area contributed by atoms with Gasteiger partial charge < -0.3 is 9.32 Å². The van der Waals surface area contributed by atoms with Crippen LogP contribution in [-0.4, -0.2) is 33.2 Å². The molecule has 0 aliphatic carbocycles. The van der Waals surface area contributed by atoms with E-state index >= 15 is 0 Å². The Bertz CT molecular complexity index is 1290. The predicted molar refractivity (Wildman–Crippen MR) is 127 cm³/mol. The summed E-state index contributed by atoms with van der Waals surface area (Å²) in [7, 11) is 1.78. The van der Waals surface area contributed by atoms with Crippen molar-refractivity contribution in [2.24, 2.45) is 0 Å². The molecule has 0 spiro atoms. The van der Waals surface area contributed by atoms with Crippen molar-refractivity contribution in [2.45, 2.75) is 24.7 Å². The molecule has 0 N–H and O–H groups in total. The highest BCUT2D eigenvalue weighted by molar-refractivity contribution is 7.99. The van der Waals surface area contributed by atoms with Crippen LogP contribution in [0, 0.1) is 0 Å². The van der Waals surface area contributed by atoms with Crippen molar-refractivity contribution in [3.05, 3.63) is 93.6 Å². The fraction of sp³-hybridized carbons (Fsp3) is 0.208. The van der Waals surface area contributed by atoms with Gasteiger partial charge in [-0.25, -0.2) is 4.98 Å². The average Bonchev–Trinajstić information content (AvgIpc) is 3.32. The van der Waals surface area contributed by atoms with E-state index in [9.17, 15) is 9.59 Å². The maximum Gasteiger partial charge on any atom is 0.262 e. The lowest BCUT2D eigenvalue weighted by Crippen LogP contribution is -2.31. The van der Waals surface area contributed by atoms with Crippen LogP contribution in [-0.2, 0) is 11.3 Å². The third-order valence-corrected chi connectivity index (χ3v) is 6.55. The second kappa shape index (κ2) is 9.63. The normalized spacial score (nSPS) is 12.1. The van der Waals surface area contributed by atoms with Crippen molar-refractivity contribution in [3.63, 3.8) is 0 Å². The molecule has 32 heavy (non-hydrogen) atoms. The summed E-state index contributed by atoms with van der Waals surface area (Å²) < 4.78 is 6.97. The van der Waals surface area contributed by atoms with Crippen LogP contribution in [0.2, 0.25) is 5.02 Å². The minimum Gasteiger partial charge on any atom is -0.467 e. The van der Waals surface area contributed by atoms with Gasteiger partial charge in [-0.2, -0.15) is 0 Å². The molecule has 1 unspecified atom stereocenters. The number of nitrogens with zero attached hydrogens (tertiary/aromatic N) is 3. The molecule has 4 aromatic rings. The second-order valence-corrected chi connectivity index (χ2v) is 8.79. The molecule has 0 bridgehead atoms. The van der Waals surface area contributed by atoms with Gasteiger partial charge in [-0.1, -0.05) is 53.7 Å². The van der Waals surface area contributed by atoms with E-state index in [1.54, 1.807) is 48.5 Å². The molecule has 0 saturated heterocycles. The summed E-state index contributed by atoms with van der Waals surface area (Å²) in [5.74, 6) is 0.714. The third kappa shape index (κ3) is 4.74. The van der Waals surface area contributed by atoms with E-state index in [0.717, 1.165) is 5.56 Å². The summed E-state index contributed by atoms with van der Waals surface area (Å²) in [5, 5.41) is 1.40. The van der Waals surface area contributed by atoms with Gasteiger partial charge in [0.15, 0.2) is 5.16 Å². The largest absolute Gasteiger partial charge is 0.467 e. The van der Waals surface area contributed by atoms with Crippen LogP contribution in [0.15, 0.2) is 81.3 Å². The SMILES string of the molecule is CC(c1ccccc1)N(C)C(=O)CSc1nc2cc(Cl)ccc2c(=O)n1Cc1ccco1. The van der Waals surface area contributed by atoms with Crippen LogP contribution >= 0.6 is 23.4 Å². The van der Waals surface area contributed by atoms with E-state index in [1.165, 1.54) is 16.3 Å². The lowest BCUT2D eigenvalue weighted by atomic mass is 10.1. The molecule has 2 aromatic heterocycles. The van der Waals surface area contributed by atoms with Gasteiger partial charge in [0.2, 0.25) is 5.91 Å². The molecule has 0 radical (unpaired) electrons. The number of furan rings is 1. The monoisotopic (exact) mass is 467 g/mol. The molecule has 1 atom stereocenters. The number of rotatable bonds is 7. The maximum atomic E-state index is 13.2. The molecule has 8 heteroatoms. The Morgan fingerprint density at radius 3 is 2.69 bits per heavy atom. The maximum absolute atomic E-state index is 13.2. The molecule has 0 aliphatic heterocycles. The van der Waals surface area contributed by atoms with E-state index in [0.29, 0.717) is 26.8 Å². The highest BCUT2D eigenvalue weighted by atomic mass is 35.5. The lowest BCUT2D eigenvalue weighted by molar-refractivity contribution is -0.128. The topological polar surface area (TPSA) is 68.3 Å². The third-order valence-electron chi connectivity index (χ3n) is 5.36. The number of carbonyl (C=O) groups is 1. The Labute approximate surface area is 194 Å². The molecule has 1 amide bonds. The highest BCUT2D eigenvalue weighted by Gasteiger charge is 2.20. The smallest absolute Gasteiger partial charge is 0.262 e. The first kappa shape index (κ1) is 22.2. The lowest BCUT2D eigenvalue weighted by Gasteiger charge is -2.25. The van der Waals surface area contributed by atoms with Crippen LogP contribution in [0.25, 0.3) is 10.9 Å². The number of fused-ring (bicyclic) bond motifs is 1. The number of hydrogen-bond acceptors (Lipinski definition) is 5. The first-order valence-electron chi connectivity index (χ1n) is 10.1. The van der Waals surface area contributed by atoms with Gasteiger partial charge >= 0.3 is 0 Å². The summed E-state index contributed by atoms with van der Waals surface area (Å²) in [4.78, 5) is 32.4. The van der Waals surface area contributed by atoms with Gasteiger partial charge in [-0.05, 0) is 42.8 Å². The Balaban J connectivity index is 1.61. The Morgan fingerprint density at radius 1 is 1.19 bits per heavy atom. The second-order valence-electron chi connectivity index (χ2n) is 7.41. The van der Waals surface area contributed by atoms with Gasteiger partial charge in [0.1, 0.15) is 5.76 Å². The van der Waals surface area contributed by atoms with Crippen LogP contribution in [0.1, 0.15) is 24.3 Å². The minimum absolute atomic E-state index is 0.0589. The predicted octanol–water partition coefficient (Wildman–Crippen LogP) is 5.00. The van der Waals surface area contributed by atoms with Crippen molar-refractivity contribution in [3.8, 4) is 0 Å². The number of carbonyl (C=O) groups excluding carboxylic acids is 1. The van der Waals surface area contributed by atoms with Crippen LogP contribution in [0.3, 0.4) is 0 Å². The fourth-order valence-corrected chi connectivity index (χ4v) is 4.47. The van der Waals surface area contributed by atoms with E-state index in [1.807, 2.05) is 37.3 Å². The van der Waals surface area contributed by atoms with Crippen molar-refractivity contribution < 1.29 is 9.21 Å². The standard InChI is InChI=1S/C24H22ClN3O3S/c1-16(17-7-4-3-5-8-17)27(2)22(29)15-32-24-26-21-13-18(25)10-11-20(21)23(30)28(24)14-19-9-6-12-31-19/h3-13,16H,14-15H2,1-2H3. The molecule has 0 aliphatic rings. The first-order valence-corrected chi connectivity index (χ1v) is 11.5. The van der Waals surface area contributed by atoms with Crippen molar-refractivity contribution >= 4 is 40.2 Å². The summed E-state index contributed by atoms with van der Waals surface area (Å²) in [6.45, 7) is 2.21. The van der Waals surface area contributed by atoms with Gasteiger partial charge in [0.25, 0.3) is 5.56 Å². The molecule has 2 aromatic carbocycles. The van der Waals surface area contributed by atoms with Crippen LogP contribution < -0.4 is 5.56 Å². The van der Waals surface area contributed by atoms with E-state index in [4.69, 9.17) is 16.0 Å². The molecule has 6 nitrogen and oxygen atoms in total. The van der Waals surface area contributed by atoms with Crippen LogP contribution in [0.4, 0.5) is 0 Å². The summed E-state index contributed by atoms with van der Waals surface area (Å²) in [5.41, 5.74) is 1.35. The summed E-state index contributed by atoms with van der Waals surface area (Å²) >= 11 is 7.34. The molecule has 0 saturated carbocycles. The average molecular weight is 468 g/mol. The summed E-state index contributed by atoms with van der Waals surface area (Å²) in [6.07, 6.45) is 1.56. The van der Waals surface area contributed by atoms with Crippen molar-refractivity contribution in [1.82, 2.24) is 14.5 Å². The highest BCUT2D eigenvalue weighted by Crippen LogP contribution is 2.24. The first-order chi connectivity index (χ1) is 15.4.